The summed E-state index contributed by atoms with van der Waals surface area (Å²) in [4.78, 5) is 22.7. The van der Waals surface area contributed by atoms with Gasteiger partial charge < -0.3 is 15.0 Å². The minimum absolute atomic E-state index is 0.0757. The smallest absolute Gasteiger partial charge is 0.246 e. The molecule has 0 aromatic carbocycles. The predicted octanol–water partition coefficient (Wildman–Crippen LogP) is 0.916. The van der Waals surface area contributed by atoms with Gasteiger partial charge in [0, 0.05) is 26.0 Å². The van der Waals surface area contributed by atoms with Crippen LogP contribution in [0.3, 0.4) is 0 Å². The number of ether oxygens (including phenoxy) is 1. The molecule has 8 nitrogen and oxygen atoms in total. The third-order valence-corrected chi connectivity index (χ3v) is 4.89. The first-order valence-corrected chi connectivity index (χ1v) is 8.81. The topological polar surface area (TPSA) is 85.2 Å². The van der Waals surface area contributed by atoms with E-state index in [1.54, 1.807) is 10.9 Å². The number of rotatable bonds is 4. The Balaban J connectivity index is 1.47. The summed E-state index contributed by atoms with van der Waals surface area (Å²) in [5.41, 5.74) is 0.899. The molecule has 0 bridgehead atoms. The van der Waals surface area contributed by atoms with Crippen LogP contribution in [-0.2, 0) is 16.1 Å². The fraction of sp³-hybridized carbons (Fsp3) is 0.529. The lowest BCUT2D eigenvalue weighted by Crippen LogP contribution is -2.46. The molecule has 0 unspecified atom stereocenters. The van der Waals surface area contributed by atoms with E-state index >= 15 is 0 Å². The standard InChI is InChI=1S/C17H21FN6O2/c18-13-8-20-17(21-9-13)23-10-14-1-4-22-24(14)15(11-23)16(25)19-7-12-2-5-26-6-3-12/h1,4,8-9,12,15H,2-3,5-7,10-11H2,(H,19,25)/t15-/m1/s1. The lowest BCUT2D eigenvalue weighted by atomic mass is 10.0. The van der Waals surface area contributed by atoms with E-state index in [4.69, 9.17) is 4.74 Å². The molecular formula is C17H21FN6O2. The second kappa shape index (κ2) is 7.36. The molecule has 0 spiro atoms. The van der Waals surface area contributed by atoms with Gasteiger partial charge in [0.2, 0.25) is 11.9 Å². The maximum atomic E-state index is 13.1. The fourth-order valence-electron chi connectivity index (χ4n) is 3.42. The molecule has 138 valence electrons. The van der Waals surface area contributed by atoms with Crippen LogP contribution >= 0.6 is 0 Å². The Kier molecular flexibility index (Phi) is 4.79. The van der Waals surface area contributed by atoms with Crippen molar-refractivity contribution in [3.05, 3.63) is 36.2 Å². The molecule has 26 heavy (non-hydrogen) atoms. The molecule has 9 heteroatoms. The minimum atomic E-state index is -0.485. The highest BCUT2D eigenvalue weighted by Gasteiger charge is 2.32. The highest BCUT2D eigenvalue weighted by Crippen LogP contribution is 2.24. The first kappa shape index (κ1) is 16.9. The maximum absolute atomic E-state index is 13.1. The highest BCUT2D eigenvalue weighted by atomic mass is 19.1. The number of amides is 1. The van der Waals surface area contributed by atoms with E-state index in [2.05, 4.69) is 20.4 Å². The van der Waals surface area contributed by atoms with Crippen molar-refractivity contribution in [1.82, 2.24) is 25.1 Å². The predicted molar refractivity (Wildman–Crippen MR) is 90.9 cm³/mol. The van der Waals surface area contributed by atoms with Crippen molar-refractivity contribution in [2.24, 2.45) is 5.92 Å². The molecule has 1 fully saturated rings. The van der Waals surface area contributed by atoms with Crippen molar-refractivity contribution in [2.45, 2.75) is 25.4 Å². The number of fused-ring (bicyclic) bond motifs is 1. The van der Waals surface area contributed by atoms with E-state index in [1.807, 2.05) is 11.0 Å². The van der Waals surface area contributed by atoms with Crippen LogP contribution in [0, 0.1) is 11.7 Å². The summed E-state index contributed by atoms with van der Waals surface area (Å²) in [6.07, 6.45) is 5.88. The Morgan fingerprint density at radius 1 is 1.31 bits per heavy atom. The Bertz CT molecular complexity index is 759. The number of halogens is 1. The molecule has 0 saturated carbocycles. The zero-order valence-electron chi connectivity index (χ0n) is 14.3. The Labute approximate surface area is 150 Å². The SMILES string of the molecule is O=C(NCC1CCOCC1)[C@H]1CN(c2ncc(F)cn2)Cc2ccnn21. The van der Waals surface area contributed by atoms with Crippen molar-refractivity contribution in [2.75, 3.05) is 31.2 Å². The fourth-order valence-corrected chi connectivity index (χ4v) is 3.42. The van der Waals surface area contributed by atoms with Gasteiger partial charge in [0.1, 0.15) is 6.04 Å². The van der Waals surface area contributed by atoms with Crippen LogP contribution in [0.5, 0.6) is 0 Å². The summed E-state index contributed by atoms with van der Waals surface area (Å²) in [6, 6.07) is 1.40. The molecule has 1 saturated heterocycles. The number of hydrogen-bond acceptors (Lipinski definition) is 6. The minimum Gasteiger partial charge on any atom is -0.381 e. The molecule has 0 aliphatic carbocycles. The summed E-state index contributed by atoms with van der Waals surface area (Å²) < 4.78 is 20.2. The first-order chi connectivity index (χ1) is 12.7. The lowest BCUT2D eigenvalue weighted by molar-refractivity contribution is -0.125. The van der Waals surface area contributed by atoms with Crippen LogP contribution in [-0.4, -0.2) is 52.0 Å². The van der Waals surface area contributed by atoms with Gasteiger partial charge in [-0.3, -0.25) is 9.48 Å². The Morgan fingerprint density at radius 2 is 2.08 bits per heavy atom. The third kappa shape index (κ3) is 3.52. The van der Waals surface area contributed by atoms with Crippen molar-refractivity contribution >= 4 is 11.9 Å². The number of nitrogens with zero attached hydrogens (tertiary/aromatic N) is 5. The molecule has 4 heterocycles. The first-order valence-electron chi connectivity index (χ1n) is 8.81. The molecule has 2 aliphatic rings. The van der Waals surface area contributed by atoms with E-state index in [0.717, 1.165) is 44.1 Å². The molecule has 0 radical (unpaired) electrons. The van der Waals surface area contributed by atoms with Crippen molar-refractivity contribution in [1.29, 1.82) is 0 Å². The summed E-state index contributed by atoms with van der Waals surface area (Å²) in [6.45, 7) is 3.06. The van der Waals surface area contributed by atoms with E-state index in [9.17, 15) is 9.18 Å². The molecular weight excluding hydrogens is 339 g/mol. The van der Waals surface area contributed by atoms with Gasteiger partial charge in [0.25, 0.3) is 0 Å². The Hall–Kier alpha value is -2.55. The molecule has 2 aromatic heterocycles. The largest absolute Gasteiger partial charge is 0.381 e. The second-order valence-electron chi connectivity index (χ2n) is 6.67. The third-order valence-electron chi connectivity index (χ3n) is 4.89. The number of carbonyl (C=O) groups excluding carboxylic acids is 1. The molecule has 4 rings (SSSR count). The van der Waals surface area contributed by atoms with Crippen LogP contribution in [0.1, 0.15) is 24.6 Å². The van der Waals surface area contributed by atoms with Gasteiger partial charge in [-0.25, -0.2) is 14.4 Å². The van der Waals surface area contributed by atoms with Gasteiger partial charge in [-0.05, 0) is 24.8 Å². The van der Waals surface area contributed by atoms with Crippen molar-refractivity contribution < 1.29 is 13.9 Å². The Morgan fingerprint density at radius 3 is 2.85 bits per heavy atom. The zero-order chi connectivity index (χ0) is 17.9. The average molecular weight is 360 g/mol. The van der Waals surface area contributed by atoms with E-state index in [-0.39, 0.29) is 5.91 Å². The quantitative estimate of drug-likeness (QED) is 0.873. The van der Waals surface area contributed by atoms with Crippen LogP contribution in [0.25, 0.3) is 0 Å². The molecule has 1 atom stereocenters. The number of nitrogens with one attached hydrogen (secondary N) is 1. The van der Waals surface area contributed by atoms with Crippen LogP contribution in [0.2, 0.25) is 0 Å². The number of carbonyl (C=O) groups is 1. The summed E-state index contributed by atoms with van der Waals surface area (Å²) in [7, 11) is 0. The number of aromatic nitrogens is 4. The van der Waals surface area contributed by atoms with Crippen LogP contribution in [0.15, 0.2) is 24.7 Å². The van der Waals surface area contributed by atoms with E-state index < -0.39 is 11.9 Å². The van der Waals surface area contributed by atoms with Gasteiger partial charge in [0.15, 0.2) is 5.82 Å². The monoisotopic (exact) mass is 360 g/mol. The molecule has 1 amide bonds. The normalized spacial score (nSPS) is 20.7. The van der Waals surface area contributed by atoms with Gasteiger partial charge in [-0.1, -0.05) is 0 Å². The summed E-state index contributed by atoms with van der Waals surface area (Å²) in [5, 5.41) is 7.36. The lowest BCUT2D eigenvalue weighted by Gasteiger charge is -2.33. The summed E-state index contributed by atoms with van der Waals surface area (Å²) >= 11 is 0. The van der Waals surface area contributed by atoms with Crippen molar-refractivity contribution in [3.8, 4) is 0 Å². The van der Waals surface area contributed by atoms with Gasteiger partial charge in [-0.2, -0.15) is 5.10 Å². The van der Waals surface area contributed by atoms with E-state index in [0.29, 0.717) is 31.5 Å². The van der Waals surface area contributed by atoms with Crippen LogP contribution in [0.4, 0.5) is 10.3 Å². The molecule has 2 aliphatic heterocycles. The average Bonchev–Trinajstić information content (AvgIpc) is 3.15. The van der Waals surface area contributed by atoms with Crippen LogP contribution < -0.4 is 10.2 Å². The van der Waals surface area contributed by atoms with Gasteiger partial charge >= 0.3 is 0 Å². The summed E-state index contributed by atoms with van der Waals surface area (Å²) in [5.74, 6) is 0.292. The van der Waals surface area contributed by atoms with E-state index in [1.165, 1.54) is 0 Å². The van der Waals surface area contributed by atoms with Gasteiger partial charge in [0.05, 0.1) is 31.2 Å². The number of hydrogen-bond donors (Lipinski definition) is 1. The molecule has 2 aromatic rings. The zero-order valence-corrected chi connectivity index (χ0v) is 14.3. The number of anilines is 1. The van der Waals surface area contributed by atoms with Gasteiger partial charge in [-0.15, -0.1) is 0 Å². The highest BCUT2D eigenvalue weighted by molar-refractivity contribution is 5.81. The second-order valence-corrected chi connectivity index (χ2v) is 6.67. The molecule has 1 N–H and O–H groups in total. The maximum Gasteiger partial charge on any atom is 0.246 e. The van der Waals surface area contributed by atoms with Crippen molar-refractivity contribution in [3.63, 3.8) is 0 Å².